The van der Waals surface area contributed by atoms with E-state index in [0.717, 1.165) is 36.1 Å². The van der Waals surface area contributed by atoms with Gasteiger partial charge in [-0.1, -0.05) is 66.8 Å². The van der Waals surface area contributed by atoms with Crippen LogP contribution in [0.2, 0.25) is 5.02 Å². The first-order valence-electron chi connectivity index (χ1n) is 11.5. The number of thioether (sulfide) groups is 1. The molecule has 0 unspecified atom stereocenters. The van der Waals surface area contributed by atoms with Crippen LogP contribution < -0.4 is 5.32 Å². The summed E-state index contributed by atoms with van der Waals surface area (Å²) in [6.07, 6.45) is 5.94. The predicted octanol–water partition coefficient (Wildman–Crippen LogP) is 6.00. The Morgan fingerprint density at radius 3 is 2.47 bits per heavy atom. The minimum absolute atomic E-state index is 0.0316. The van der Waals surface area contributed by atoms with E-state index in [1.807, 2.05) is 31.2 Å². The first-order valence-corrected chi connectivity index (χ1v) is 12.8. The van der Waals surface area contributed by atoms with Gasteiger partial charge in [-0.2, -0.15) is 0 Å². The number of amides is 2. The van der Waals surface area contributed by atoms with E-state index in [1.165, 1.54) is 12.0 Å². The van der Waals surface area contributed by atoms with Gasteiger partial charge in [0.1, 0.15) is 6.04 Å². The molecular formula is C26H33ClN2O2S. The number of rotatable bonds is 9. The number of carbonyl (C=O) groups excluding carboxylic acids is 2. The van der Waals surface area contributed by atoms with Crippen molar-refractivity contribution in [1.29, 1.82) is 0 Å². The van der Waals surface area contributed by atoms with Crippen molar-refractivity contribution in [2.75, 3.05) is 5.75 Å². The van der Waals surface area contributed by atoms with Crippen molar-refractivity contribution in [2.24, 2.45) is 0 Å². The minimum atomic E-state index is -0.551. The Labute approximate surface area is 201 Å². The topological polar surface area (TPSA) is 49.4 Å². The highest BCUT2D eigenvalue weighted by Gasteiger charge is 2.28. The van der Waals surface area contributed by atoms with E-state index < -0.39 is 6.04 Å². The molecule has 1 fully saturated rings. The van der Waals surface area contributed by atoms with Crippen LogP contribution in [0.1, 0.15) is 56.6 Å². The molecule has 4 nitrogen and oxygen atoms in total. The molecule has 2 aromatic rings. The molecule has 172 valence electrons. The van der Waals surface area contributed by atoms with Crippen LogP contribution in [-0.4, -0.2) is 34.6 Å². The number of benzene rings is 2. The summed E-state index contributed by atoms with van der Waals surface area (Å²) in [5.41, 5.74) is 2.07. The van der Waals surface area contributed by atoms with Crippen LogP contribution in [0.25, 0.3) is 0 Å². The number of nitrogens with zero attached hydrogens (tertiary/aromatic N) is 1. The Hall–Kier alpha value is -1.98. The first kappa shape index (κ1) is 24.7. The maximum absolute atomic E-state index is 13.2. The maximum atomic E-state index is 13.2. The molecule has 0 aliphatic heterocycles. The highest BCUT2D eigenvalue weighted by atomic mass is 35.5. The molecule has 0 saturated heterocycles. The Morgan fingerprint density at radius 2 is 1.78 bits per heavy atom. The zero-order valence-corrected chi connectivity index (χ0v) is 20.6. The molecule has 0 aromatic heterocycles. The van der Waals surface area contributed by atoms with Crippen molar-refractivity contribution in [1.82, 2.24) is 10.2 Å². The second kappa shape index (κ2) is 12.3. The Morgan fingerprint density at radius 1 is 1.09 bits per heavy atom. The van der Waals surface area contributed by atoms with Gasteiger partial charge in [0, 0.05) is 34.7 Å². The summed E-state index contributed by atoms with van der Waals surface area (Å²) in [7, 11) is 0. The summed E-state index contributed by atoms with van der Waals surface area (Å²) < 4.78 is 0. The normalized spacial score (nSPS) is 15.2. The van der Waals surface area contributed by atoms with E-state index in [2.05, 4.69) is 36.5 Å². The van der Waals surface area contributed by atoms with Crippen LogP contribution in [-0.2, 0) is 16.1 Å². The Bertz CT molecular complexity index is 897. The third-order valence-electron chi connectivity index (χ3n) is 6.02. The van der Waals surface area contributed by atoms with E-state index in [1.54, 1.807) is 16.7 Å². The van der Waals surface area contributed by atoms with Gasteiger partial charge in [-0.3, -0.25) is 9.59 Å². The highest BCUT2D eigenvalue weighted by Crippen LogP contribution is 2.23. The largest absolute Gasteiger partial charge is 0.352 e. The van der Waals surface area contributed by atoms with Gasteiger partial charge >= 0.3 is 0 Å². The van der Waals surface area contributed by atoms with Gasteiger partial charge in [-0.15, -0.1) is 11.8 Å². The van der Waals surface area contributed by atoms with Gasteiger partial charge in [-0.05, 0) is 50.5 Å². The summed E-state index contributed by atoms with van der Waals surface area (Å²) in [5.74, 6) is 0.553. The van der Waals surface area contributed by atoms with E-state index in [-0.39, 0.29) is 17.9 Å². The molecule has 2 aromatic carbocycles. The van der Waals surface area contributed by atoms with Crippen LogP contribution in [0.15, 0.2) is 53.4 Å². The fraction of sp³-hybridized carbons (Fsp3) is 0.462. The molecule has 1 aliphatic carbocycles. The molecule has 1 aliphatic rings. The van der Waals surface area contributed by atoms with Crippen LogP contribution in [0, 0.1) is 6.92 Å². The van der Waals surface area contributed by atoms with Gasteiger partial charge in [0.15, 0.2) is 0 Å². The molecule has 0 radical (unpaired) electrons. The number of hydrogen-bond donors (Lipinski definition) is 1. The van der Waals surface area contributed by atoms with Crippen molar-refractivity contribution < 1.29 is 9.59 Å². The van der Waals surface area contributed by atoms with E-state index in [9.17, 15) is 9.59 Å². The molecule has 1 saturated carbocycles. The lowest BCUT2D eigenvalue weighted by Gasteiger charge is -2.31. The molecule has 32 heavy (non-hydrogen) atoms. The molecule has 0 heterocycles. The zero-order valence-electron chi connectivity index (χ0n) is 19.0. The molecule has 3 rings (SSSR count). The van der Waals surface area contributed by atoms with Gasteiger partial charge in [-0.25, -0.2) is 0 Å². The minimum Gasteiger partial charge on any atom is -0.352 e. The van der Waals surface area contributed by atoms with Crippen molar-refractivity contribution in [3.8, 4) is 0 Å². The lowest BCUT2D eigenvalue weighted by molar-refractivity contribution is -0.140. The summed E-state index contributed by atoms with van der Waals surface area (Å²) in [6.45, 7) is 4.21. The second-order valence-corrected chi connectivity index (χ2v) is 10.1. The summed E-state index contributed by atoms with van der Waals surface area (Å²) >= 11 is 8.03. The maximum Gasteiger partial charge on any atom is 0.242 e. The molecule has 0 spiro atoms. The molecule has 1 atom stereocenters. The van der Waals surface area contributed by atoms with Gasteiger partial charge in [0.05, 0.1) is 0 Å². The fourth-order valence-corrected chi connectivity index (χ4v) is 5.03. The Balaban J connectivity index is 1.65. The van der Waals surface area contributed by atoms with E-state index >= 15 is 0 Å². The SMILES string of the molecule is Cc1ccc(SCCC(=O)N(Cc2ccccc2Cl)[C@@H](C)C(=O)NC2CCCCC2)cc1. The van der Waals surface area contributed by atoms with Gasteiger partial charge < -0.3 is 10.2 Å². The monoisotopic (exact) mass is 472 g/mol. The summed E-state index contributed by atoms with van der Waals surface area (Å²) in [4.78, 5) is 29.1. The number of hydrogen-bond acceptors (Lipinski definition) is 3. The second-order valence-electron chi connectivity index (χ2n) is 8.54. The molecule has 6 heteroatoms. The average molecular weight is 473 g/mol. The molecule has 0 bridgehead atoms. The van der Waals surface area contributed by atoms with E-state index in [0.29, 0.717) is 23.7 Å². The first-order chi connectivity index (χ1) is 15.4. The quantitative estimate of drug-likeness (QED) is 0.455. The lowest BCUT2D eigenvalue weighted by atomic mass is 9.95. The van der Waals surface area contributed by atoms with E-state index in [4.69, 9.17) is 11.6 Å². The zero-order chi connectivity index (χ0) is 22.9. The third kappa shape index (κ3) is 7.28. The van der Waals surface area contributed by atoms with Crippen molar-refractivity contribution >= 4 is 35.2 Å². The summed E-state index contributed by atoms with van der Waals surface area (Å²) in [5, 5.41) is 3.78. The smallest absolute Gasteiger partial charge is 0.242 e. The predicted molar refractivity (Wildman–Crippen MR) is 133 cm³/mol. The van der Waals surface area contributed by atoms with Crippen molar-refractivity contribution in [3.63, 3.8) is 0 Å². The fourth-order valence-electron chi connectivity index (χ4n) is 4.00. The van der Waals surface area contributed by atoms with Gasteiger partial charge in [0.25, 0.3) is 0 Å². The van der Waals surface area contributed by atoms with Crippen molar-refractivity contribution in [3.05, 3.63) is 64.7 Å². The number of nitrogens with one attached hydrogen (secondary N) is 1. The number of halogens is 1. The molecule has 2 amide bonds. The standard InChI is InChI=1S/C26H33ClN2O2S/c1-19-12-14-23(15-13-19)32-17-16-25(30)29(18-21-8-6-7-11-24(21)27)20(2)26(31)28-22-9-4-3-5-10-22/h6-8,11-15,20,22H,3-5,9-10,16-18H2,1-2H3,(H,28,31)/t20-/m0/s1. The summed E-state index contributed by atoms with van der Waals surface area (Å²) in [6, 6.07) is 15.5. The van der Waals surface area contributed by atoms with Crippen LogP contribution >= 0.6 is 23.4 Å². The molecular weight excluding hydrogens is 440 g/mol. The van der Waals surface area contributed by atoms with Crippen LogP contribution in [0.4, 0.5) is 0 Å². The lowest BCUT2D eigenvalue weighted by Crippen LogP contribution is -2.50. The molecule has 1 N–H and O–H groups in total. The highest BCUT2D eigenvalue weighted by molar-refractivity contribution is 7.99. The average Bonchev–Trinajstić information content (AvgIpc) is 2.80. The van der Waals surface area contributed by atoms with Gasteiger partial charge in [0.2, 0.25) is 11.8 Å². The van der Waals surface area contributed by atoms with Crippen molar-refractivity contribution in [2.45, 2.75) is 75.9 Å². The van der Waals surface area contributed by atoms with Crippen LogP contribution in [0.5, 0.6) is 0 Å². The third-order valence-corrected chi connectivity index (χ3v) is 7.41. The van der Waals surface area contributed by atoms with Crippen LogP contribution in [0.3, 0.4) is 0 Å². The Kier molecular flexibility index (Phi) is 9.49. The number of aryl methyl sites for hydroxylation is 1. The number of carbonyl (C=O) groups is 2.